The summed E-state index contributed by atoms with van der Waals surface area (Å²) in [7, 11) is 3.47. The van der Waals surface area contributed by atoms with Crippen molar-refractivity contribution in [2.75, 3.05) is 79.5 Å². The molecule has 2 unspecified atom stereocenters. The highest BCUT2D eigenvalue weighted by molar-refractivity contribution is 6.02. The van der Waals surface area contributed by atoms with Gasteiger partial charge in [0, 0.05) is 90.0 Å². The summed E-state index contributed by atoms with van der Waals surface area (Å²) in [6.07, 6.45) is 15.7. The molecule has 10 rings (SSSR count). The number of imide groups is 1. The normalized spacial score (nSPS) is 22.5. The summed E-state index contributed by atoms with van der Waals surface area (Å²) < 4.78 is 0. The van der Waals surface area contributed by atoms with Crippen LogP contribution in [0.3, 0.4) is 0 Å². The van der Waals surface area contributed by atoms with Gasteiger partial charge in [0.2, 0.25) is 18.2 Å². The number of carbonyl (C=O) groups excluding carboxylic acids is 3. The molecule has 328 valence electrons. The number of anilines is 4. The van der Waals surface area contributed by atoms with Gasteiger partial charge in [0.15, 0.2) is 0 Å². The van der Waals surface area contributed by atoms with Crippen molar-refractivity contribution >= 4 is 52.0 Å². The molecule has 2 atom stereocenters. The Labute approximate surface area is 364 Å². The van der Waals surface area contributed by atoms with Crippen LogP contribution in [0.1, 0.15) is 88.5 Å². The van der Waals surface area contributed by atoms with Crippen LogP contribution in [0.25, 0.3) is 22.3 Å². The van der Waals surface area contributed by atoms with E-state index in [-0.39, 0.29) is 17.9 Å². The molecule has 3 saturated heterocycles. The van der Waals surface area contributed by atoms with Crippen LogP contribution in [0.2, 0.25) is 0 Å². The zero-order valence-electron chi connectivity index (χ0n) is 36.2. The van der Waals surface area contributed by atoms with Crippen molar-refractivity contribution in [1.82, 2.24) is 30.4 Å². The number of fused-ring (bicyclic) bond motifs is 1. The van der Waals surface area contributed by atoms with Gasteiger partial charge < -0.3 is 24.7 Å². The number of likely N-dealkylation sites (N-methyl/N-ethyl adjacent to an activating group) is 1. The van der Waals surface area contributed by atoms with E-state index in [1.54, 1.807) is 20.4 Å². The molecule has 6 aliphatic rings. The predicted octanol–water partition coefficient (Wildman–Crippen LogP) is 5.61. The minimum atomic E-state index is -0.461. The van der Waals surface area contributed by atoms with Crippen LogP contribution in [0.4, 0.5) is 22.9 Å². The summed E-state index contributed by atoms with van der Waals surface area (Å²) in [6, 6.07) is 14.3. The summed E-state index contributed by atoms with van der Waals surface area (Å²) >= 11 is 0. The monoisotopic (exact) mass is 843 g/mol. The Morgan fingerprint density at radius 2 is 1.65 bits per heavy atom. The van der Waals surface area contributed by atoms with Gasteiger partial charge in [-0.05, 0) is 105 Å². The van der Waals surface area contributed by atoms with Crippen LogP contribution < -0.4 is 24.9 Å². The Balaban J connectivity index is 0.000000168. The van der Waals surface area contributed by atoms with E-state index < -0.39 is 6.04 Å². The molecule has 15 nitrogen and oxygen atoms in total. The van der Waals surface area contributed by atoms with Gasteiger partial charge in [0.05, 0.1) is 28.7 Å². The van der Waals surface area contributed by atoms with E-state index in [0.29, 0.717) is 23.9 Å². The zero-order chi connectivity index (χ0) is 43.4. The second-order valence-electron chi connectivity index (χ2n) is 18.2. The van der Waals surface area contributed by atoms with Gasteiger partial charge in [-0.15, -0.1) is 0 Å². The van der Waals surface area contributed by atoms with Gasteiger partial charge in [0.1, 0.15) is 23.9 Å². The van der Waals surface area contributed by atoms with Gasteiger partial charge >= 0.3 is 0 Å². The summed E-state index contributed by atoms with van der Waals surface area (Å²) in [5, 5.41) is 27.7. The second kappa shape index (κ2) is 18.8. The highest BCUT2D eigenvalue weighted by Gasteiger charge is 2.62. The first-order chi connectivity index (χ1) is 30.2. The number of aromatic nitrogens is 4. The summed E-state index contributed by atoms with van der Waals surface area (Å²) in [6.45, 7) is 10.6. The van der Waals surface area contributed by atoms with Crippen molar-refractivity contribution in [3.8, 4) is 18.0 Å². The maximum absolute atomic E-state index is 12.2. The maximum Gasteiger partial charge on any atom is 0.249 e. The van der Waals surface area contributed by atoms with E-state index in [2.05, 4.69) is 71.0 Å². The SMILES string of the molecule is C#N.CN(C=O)c1cc(N2CCC(O)CC2)ccc1N(C)C1CCC(=O)NC1=O.c1nc(-c2n[nH]c3ccc(C4CC45CC5)cc23)cc(N2CCN(CC3CCCCC3)CC2)n1. The lowest BCUT2D eigenvalue weighted by Gasteiger charge is -2.37. The van der Waals surface area contributed by atoms with E-state index in [1.807, 2.05) is 23.1 Å². The Morgan fingerprint density at radius 1 is 0.887 bits per heavy atom. The first kappa shape index (κ1) is 43.1. The van der Waals surface area contributed by atoms with Gasteiger partial charge in [-0.25, -0.2) is 15.2 Å². The highest BCUT2D eigenvalue weighted by Crippen LogP contribution is 2.75. The number of carbonyl (C=O) groups is 3. The van der Waals surface area contributed by atoms with E-state index in [0.717, 1.165) is 104 Å². The summed E-state index contributed by atoms with van der Waals surface area (Å²) in [4.78, 5) is 54.9. The Kier molecular flexibility index (Phi) is 13.1. The summed E-state index contributed by atoms with van der Waals surface area (Å²) in [5.74, 6) is 2.14. The average molecular weight is 844 g/mol. The predicted molar refractivity (Wildman–Crippen MR) is 241 cm³/mol. The molecule has 3 aliphatic heterocycles. The number of rotatable bonds is 10. The van der Waals surface area contributed by atoms with E-state index in [9.17, 15) is 19.5 Å². The first-order valence-corrected chi connectivity index (χ1v) is 22.5. The number of hydrogen-bond acceptors (Lipinski definition) is 12. The minimum Gasteiger partial charge on any atom is -0.393 e. The van der Waals surface area contributed by atoms with E-state index in [1.165, 1.54) is 73.8 Å². The second-order valence-corrected chi connectivity index (χ2v) is 18.2. The van der Waals surface area contributed by atoms with E-state index in [4.69, 9.17) is 5.26 Å². The molecule has 2 aromatic carbocycles. The molecule has 3 saturated carbocycles. The molecule has 0 bridgehead atoms. The number of aliphatic hydroxyl groups excluding tert-OH is 1. The maximum atomic E-state index is 12.2. The molecule has 62 heavy (non-hydrogen) atoms. The van der Waals surface area contributed by atoms with Crippen LogP contribution in [0.5, 0.6) is 0 Å². The van der Waals surface area contributed by atoms with Gasteiger partial charge in [-0.3, -0.25) is 29.7 Å². The molecule has 3 N–H and O–H groups in total. The first-order valence-electron chi connectivity index (χ1n) is 22.5. The van der Waals surface area contributed by atoms with Crippen molar-refractivity contribution in [3.63, 3.8) is 0 Å². The number of piperazine rings is 1. The lowest BCUT2D eigenvalue weighted by molar-refractivity contribution is -0.134. The highest BCUT2D eigenvalue weighted by atomic mass is 16.3. The van der Waals surface area contributed by atoms with Crippen LogP contribution in [0, 0.1) is 23.2 Å². The molecule has 6 fully saturated rings. The molecular weight excluding hydrogens is 783 g/mol. The third-order valence-corrected chi connectivity index (χ3v) is 14.3. The summed E-state index contributed by atoms with van der Waals surface area (Å²) in [5.41, 5.74) is 7.54. The number of nitrogens with zero attached hydrogens (tertiary/aromatic N) is 9. The van der Waals surface area contributed by atoms with Gasteiger partial charge in [-0.1, -0.05) is 25.3 Å². The Bertz CT molecular complexity index is 2230. The van der Waals surface area contributed by atoms with Crippen molar-refractivity contribution < 1.29 is 19.5 Å². The van der Waals surface area contributed by atoms with Crippen molar-refractivity contribution in [2.45, 2.75) is 95.1 Å². The third-order valence-electron chi connectivity index (χ3n) is 14.3. The average Bonchev–Trinajstić information content (AvgIpc) is 4.21. The smallest absolute Gasteiger partial charge is 0.249 e. The largest absolute Gasteiger partial charge is 0.393 e. The van der Waals surface area contributed by atoms with Gasteiger partial charge in [-0.2, -0.15) is 5.10 Å². The standard InChI is InChI=1S/C27H34N6.C19H26N4O4.CHN/c1-2-4-19(5-3-1)17-32-10-12-33(13-11-32)25-15-24(28-18-29-25)26-21-14-20(6-7-23(21)30-31-26)22-16-27(22)8-9-27;1-21(12-24)17-11-13(23-9-7-14(25)8-10-23)3-4-15(17)22(2)16-5-6-18(26)20-19(16)27;1-2/h6-7,14-15,18-19,22H,1-5,8-13,16-17H2,(H,30,31);3-4,11-12,14,16,25H,5-10H2,1-2H3,(H,20,26,27);1H. The van der Waals surface area contributed by atoms with Crippen LogP contribution >= 0.6 is 0 Å². The topological polar surface area (TPSA) is 178 Å². The number of aliphatic hydroxyl groups is 1. The molecule has 5 heterocycles. The lowest BCUT2D eigenvalue weighted by atomic mass is 9.89. The number of amides is 3. The number of nitriles is 1. The van der Waals surface area contributed by atoms with Crippen LogP contribution in [0.15, 0.2) is 48.8 Å². The zero-order valence-corrected chi connectivity index (χ0v) is 36.2. The van der Waals surface area contributed by atoms with Crippen LogP contribution in [-0.4, -0.2) is 120 Å². The van der Waals surface area contributed by atoms with Crippen LogP contribution in [-0.2, 0) is 14.4 Å². The molecule has 4 aromatic rings. The lowest BCUT2D eigenvalue weighted by Crippen LogP contribution is -2.51. The fraction of sp³-hybridized carbons (Fsp3) is 0.553. The minimum absolute atomic E-state index is 0.252. The van der Waals surface area contributed by atoms with Crippen molar-refractivity contribution in [2.24, 2.45) is 11.3 Å². The number of benzene rings is 2. The third kappa shape index (κ3) is 9.41. The molecular formula is C47H61N11O4. The van der Waals surface area contributed by atoms with Crippen molar-refractivity contribution in [3.05, 3.63) is 54.4 Å². The number of hydrogen-bond donors (Lipinski definition) is 3. The fourth-order valence-electron chi connectivity index (χ4n) is 10.2. The number of aromatic amines is 1. The number of nitrogens with one attached hydrogen (secondary N) is 2. The molecule has 2 aromatic heterocycles. The molecule has 1 spiro atoms. The molecule has 3 amide bonds. The quantitative estimate of drug-likeness (QED) is 0.133. The Hall–Kier alpha value is -5.59. The van der Waals surface area contributed by atoms with Gasteiger partial charge in [0.25, 0.3) is 0 Å². The van der Waals surface area contributed by atoms with E-state index >= 15 is 0 Å². The Morgan fingerprint density at radius 3 is 2.34 bits per heavy atom. The molecule has 0 radical (unpaired) electrons. The van der Waals surface area contributed by atoms with Crippen molar-refractivity contribution in [1.29, 1.82) is 5.26 Å². The number of piperidine rings is 2. The molecule has 15 heteroatoms. The fourth-order valence-corrected chi connectivity index (χ4v) is 10.2. The number of H-pyrrole nitrogens is 1. The molecule has 3 aliphatic carbocycles.